The van der Waals surface area contributed by atoms with Crippen molar-refractivity contribution in [3.8, 4) is 0 Å². The molecule has 0 radical (unpaired) electrons. The lowest BCUT2D eigenvalue weighted by Crippen LogP contribution is -2.12. The van der Waals surface area contributed by atoms with Gasteiger partial charge in [0.1, 0.15) is 0 Å². The van der Waals surface area contributed by atoms with Crippen molar-refractivity contribution in [1.82, 2.24) is 15.2 Å². The number of rotatable bonds is 4. The van der Waals surface area contributed by atoms with Crippen molar-refractivity contribution >= 4 is 49.0 Å². The van der Waals surface area contributed by atoms with Crippen LogP contribution in [0.25, 0.3) is 10.9 Å². The van der Waals surface area contributed by atoms with Crippen molar-refractivity contribution in [2.24, 2.45) is 0 Å². The quantitative estimate of drug-likeness (QED) is 0.627. The number of carbonyl (C=O) groups excluding carboxylic acids is 1. The fourth-order valence-corrected chi connectivity index (χ4v) is 3.91. The first kappa shape index (κ1) is 14.5. The van der Waals surface area contributed by atoms with Crippen molar-refractivity contribution < 1.29 is 13.2 Å². The molecule has 2 heterocycles. The van der Waals surface area contributed by atoms with Gasteiger partial charge in [0, 0.05) is 24.0 Å². The summed E-state index contributed by atoms with van der Waals surface area (Å²) in [5.41, 5.74) is 1.26. The van der Waals surface area contributed by atoms with Crippen LogP contribution in [0, 0.1) is 0 Å². The number of sulfonamides is 1. The molecule has 0 saturated heterocycles. The topological polar surface area (TPSA) is 117 Å². The van der Waals surface area contributed by atoms with Gasteiger partial charge >= 0.3 is 0 Å². The second-order valence-corrected chi connectivity index (χ2v) is 7.24. The average Bonchev–Trinajstić information content (AvgIpc) is 3.06. The summed E-state index contributed by atoms with van der Waals surface area (Å²) in [6.45, 7) is 1.31. The minimum Gasteiger partial charge on any atom is -0.361 e. The van der Waals surface area contributed by atoms with Crippen LogP contribution in [0.5, 0.6) is 0 Å². The van der Waals surface area contributed by atoms with Crippen LogP contribution in [0.4, 0.5) is 10.8 Å². The summed E-state index contributed by atoms with van der Waals surface area (Å²) in [4.78, 5) is 13.9. The van der Waals surface area contributed by atoms with E-state index in [1.54, 1.807) is 24.4 Å². The lowest BCUT2D eigenvalue weighted by molar-refractivity contribution is -0.114. The van der Waals surface area contributed by atoms with E-state index in [1.165, 1.54) is 6.92 Å². The molecule has 0 atom stereocenters. The largest absolute Gasteiger partial charge is 0.361 e. The van der Waals surface area contributed by atoms with Gasteiger partial charge in [-0.15, -0.1) is 10.2 Å². The smallest absolute Gasteiger partial charge is 0.291 e. The van der Waals surface area contributed by atoms with Gasteiger partial charge in [-0.2, -0.15) is 8.42 Å². The van der Waals surface area contributed by atoms with E-state index in [4.69, 9.17) is 0 Å². The number of nitrogens with one attached hydrogen (secondary N) is 3. The molecule has 0 aliphatic heterocycles. The van der Waals surface area contributed by atoms with Gasteiger partial charge in [-0.25, -0.2) is 0 Å². The normalized spacial score (nSPS) is 11.5. The molecule has 114 valence electrons. The summed E-state index contributed by atoms with van der Waals surface area (Å²) in [6.07, 6.45) is 1.72. The molecule has 10 heteroatoms. The third kappa shape index (κ3) is 2.78. The zero-order valence-electron chi connectivity index (χ0n) is 11.3. The predicted molar refractivity (Wildman–Crippen MR) is 83.3 cm³/mol. The van der Waals surface area contributed by atoms with Crippen LogP contribution in [-0.4, -0.2) is 29.5 Å². The molecule has 1 amide bonds. The van der Waals surface area contributed by atoms with E-state index in [-0.39, 0.29) is 15.4 Å². The highest BCUT2D eigenvalue weighted by Crippen LogP contribution is 2.27. The van der Waals surface area contributed by atoms with Crippen molar-refractivity contribution in [2.75, 3.05) is 10.0 Å². The SMILES string of the molecule is CC(=O)Nc1nnc(S(=O)(=O)Nc2cccc3[nH]ccc23)s1. The van der Waals surface area contributed by atoms with Crippen LogP contribution in [-0.2, 0) is 14.8 Å². The number of hydrogen-bond acceptors (Lipinski definition) is 6. The van der Waals surface area contributed by atoms with E-state index < -0.39 is 10.0 Å². The maximum Gasteiger partial charge on any atom is 0.291 e. The number of carbonyl (C=O) groups is 1. The van der Waals surface area contributed by atoms with Gasteiger partial charge in [0.25, 0.3) is 14.4 Å². The van der Waals surface area contributed by atoms with E-state index in [0.29, 0.717) is 5.69 Å². The molecular weight excluding hydrogens is 326 g/mol. The molecule has 2 aromatic heterocycles. The fourth-order valence-electron chi connectivity index (χ4n) is 1.88. The highest BCUT2D eigenvalue weighted by molar-refractivity contribution is 7.94. The second kappa shape index (κ2) is 5.39. The van der Waals surface area contributed by atoms with Crippen LogP contribution in [0.3, 0.4) is 0 Å². The number of aromatic amines is 1. The Morgan fingerprint density at radius 1 is 1.27 bits per heavy atom. The zero-order chi connectivity index (χ0) is 15.7. The Morgan fingerprint density at radius 2 is 2.09 bits per heavy atom. The molecule has 3 rings (SSSR count). The van der Waals surface area contributed by atoms with Gasteiger partial charge in [0.15, 0.2) is 0 Å². The van der Waals surface area contributed by atoms with Crippen LogP contribution < -0.4 is 10.0 Å². The summed E-state index contributed by atoms with van der Waals surface area (Å²) < 4.78 is 26.9. The summed E-state index contributed by atoms with van der Waals surface area (Å²) >= 11 is 0.782. The first-order valence-corrected chi connectivity index (χ1v) is 8.46. The fraction of sp³-hybridized carbons (Fsp3) is 0.0833. The Morgan fingerprint density at radius 3 is 2.86 bits per heavy atom. The third-order valence-corrected chi connectivity index (χ3v) is 5.33. The minimum atomic E-state index is -3.87. The molecule has 0 aliphatic carbocycles. The average molecular weight is 337 g/mol. The van der Waals surface area contributed by atoms with Crippen LogP contribution >= 0.6 is 11.3 Å². The van der Waals surface area contributed by atoms with Crippen LogP contribution in [0.1, 0.15) is 6.92 Å². The molecule has 3 aromatic rings. The van der Waals surface area contributed by atoms with Gasteiger partial charge in [-0.3, -0.25) is 9.52 Å². The number of benzene rings is 1. The first-order chi connectivity index (χ1) is 10.5. The highest BCUT2D eigenvalue weighted by atomic mass is 32.2. The van der Waals surface area contributed by atoms with Gasteiger partial charge < -0.3 is 10.3 Å². The third-order valence-electron chi connectivity index (χ3n) is 2.76. The molecule has 8 nitrogen and oxygen atoms in total. The van der Waals surface area contributed by atoms with E-state index in [1.807, 2.05) is 6.07 Å². The van der Waals surface area contributed by atoms with E-state index in [2.05, 4.69) is 25.2 Å². The molecule has 0 spiro atoms. The molecule has 22 heavy (non-hydrogen) atoms. The van der Waals surface area contributed by atoms with E-state index in [9.17, 15) is 13.2 Å². The molecule has 0 aliphatic rings. The van der Waals surface area contributed by atoms with Crippen LogP contribution in [0.15, 0.2) is 34.8 Å². The Labute approximate surface area is 129 Å². The lowest BCUT2D eigenvalue weighted by Gasteiger charge is -2.06. The summed E-state index contributed by atoms with van der Waals surface area (Å²) in [7, 11) is -3.87. The standard InChI is InChI=1S/C12H11N5O3S2/c1-7(18)14-11-15-16-12(21-11)22(19,20)17-10-4-2-3-9-8(10)5-6-13-9/h2-6,13,17H,1H3,(H,14,15,18). The monoisotopic (exact) mass is 337 g/mol. The summed E-state index contributed by atoms with van der Waals surface area (Å²) in [6, 6.07) is 7.01. The predicted octanol–water partition coefficient (Wildman–Crippen LogP) is 1.78. The van der Waals surface area contributed by atoms with E-state index in [0.717, 1.165) is 22.2 Å². The lowest BCUT2D eigenvalue weighted by atomic mass is 10.2. The molecule has 0 saturated carbocycles. The van der Waals surface area contributed by atoms with E-state index >= 15 is 0 Å². The van der Waals surface area contributed by atoms with Gasteiger partial charge in [-0.05, 0) is 18.2 Å². The molecular formula is C12H11N5O3S2. The number of hydrogen-bond donors (Lipinski definition) is 3. The molecule has 0 unspecified atom stereocenters. The number of aromatic nitrogens is 3. The maximum absolute atomic E-state index is 12.3. The minimum absolute atomic E-state index is 0.132. The van der Waals surface area contributed by atoms with Crippen molar-refractivity contribution in [1.29, 1.82) is 0 Å². The second-order valence-electron chi connectivity index (χ2n) is 4.40. The summed E-state index contributed by atoms with van der Waals surface area (Å²) in [5.74, 6) is -0.342. The number of nitrogens with zero attached hydrogens (tertiary/aromatic N) is 2. The van der Waals surface area contributed by atoms with Crippen molar-refractivity contribution in [3.05, 3.63) is 30.5 Å². The maximum atomic E-state index is 12.3. The Balaban J connectivity index is 1.92. The Kier molecular flexibility index (Phi) is 3.54. The van der Waals surface area contributed by atoms with Crippen LogP contribution in [0.2, 0.25) is 0 Å². The number of H-pyrrole nitrogens is 1. The molecule has 1 aromatic carbocycles. The Bertz CT molecular complexity index is 944. The van der Waals surface area contributed by atoms with Crippen molar-refractivity contribution in [3.63, 3.8) is 0 Å². The summed E-state index contributed by atoms with van der Waals surface area (Å²) in [5, 5.41) is 10.5. The molecule has 0 fully saturated rings. The number of fused-ring (bicyclic) bond motifs is 1. The Hall–Kier alpha value is -2.46. The number of amides is 1. The van der Waals surface area contributed by atoms with Gasteiger partial charge in [-0.1, -0.05) is 17.4 Å². The zero-order valence-corrected chi connectivity index (χ0v) is 13.0. The highest BCUT2D eigenvalue weighted by Gasteiger charge is 2.21. The molecule has 3 N–H and O–H groups in total. The molecule has 0 bridgehead atoms. The van der Waals surface area contributed by atoms with Gasteiger partial charge in [0.2, 0.25) is 11.0 Å². The van der Waals surface area contributed by atoms with Crippen molar-refractivity contribution in [2.45, 2.75) is 11.3 Å². The number of anilines is 2. The van der Waals surface area contributed by atoms with Gasteiger partial charge in [0.05, 0.1) is 5.69 Å². The first-order valence-electron chi connectivity index (χ1n) is 6.16.